The van der Waals surface area contributed by atoms with Crippen molar-refractivity contribution in [3.63, 3.8) is 0 Å². The molecule has 0 saturated carbocycles. The average Bonchev–Trinajstić information content (AvgIpc) is 2.17. The van der Waals surface area contributed by atoms with Gasteiger partial charge in [-0.3, -0.25) is 11.3 Å². The third-order valence-corrected chi connectivity index (χ3v) is 1.72. The summed E-state index contributed by atoms with van der Waals surface area (Å²) in [4.78, 5) is 0. The molecule has 14 heavy (non-hydrogen) atoms. The topological polar surface area (TPSA) is 56.5 Å². The fourth-order valence-electron chi connectivity index (χ4n) is 1.09. The zero-order valence-corrected chi connectivity index (χ0v) is 9.06. The number of nitrogens with one attached hydrogen (secondary N) is 1. The largest absolute Gasteiger partial charge is 0.497 e. The van der Waals surface area contributed by atoms with Crippen LogP contribution in [0, 0.1) is 0 Å². The Kier molecular flexibility index (Phi) is 6.03. The van der Waals surface area contributed by atoms with Crippen LogP contribution in [0.25, 0.3) is 0 Å². The van der Waals surface area contributed by atoms with Crippen LogP contribution in [0.3, 0.4) is 0 Å². The smallest absolute Gasteiger partial charge is 0.122 e. The highest BCUT2D eigenvalue weighted by molar-refractivity contribution is 5.85. The Balaban J connectivity index is 0.00000169. The van der Waals surface area contributed by atoms with Crippen molar-refractivity contribution in [3.8, 4) is 11.5 Å². The third kappa shape index (κ3) is 3.41. The van der Waals surface area contributed by atoms with Gasteiger partial charge < -0.3 is 9.47 Å². The molecule has 0 radical (unpaired) electrons. The zero-order chi connectivity index (χ0) is 9.68. The predicted octanol–water partition coefficient (Wildman–Crippen LogP) is 1.09. The normalized spacial score (nSPS) is 9.07. The first kappa shape index (κ1) is 13.0. The van der Waals surface area contributed by atoms with Gasteiger partial charge in [-0.25, -0.2) is 0 Å². The third-order valence-electron chi connectivity index (χ3n) is 1.72. The summed E-state index contributed by atoms with van der Waals surface area (Å²) >= 11 is 0. The molecule has 1 aromatic rings. The van der Waals surface area contributed by atoms with Gasteiger partial charge in [-0.1, -0.05) is 0 Å². The molecule has 0 aliphatic rings. The molecule has 0 fully saturated rings. The van der Waals surface area contributed by atoms with Crippen molar-refractivity contribution in [1.29, 1.82) is 0 Å². The van der Waals surface area contributed by atoms with Crippen molar-refractivity contribution in [2.24, 2.45) is 5.84 Å². The summed E-state index contributed by atoms with van der Waals surface area (Å²) in [5.74, 6) is 6.75. The highest BCUT2D eigenvalue weighted by Gasteiger charge is 2.00. The molecule has 0 atom stereocenters. The quantitative estimate of drug-likeness (QED) is 0.587. The number of halogens is 1. The predicted molar refractivity (Wildman–Crippen MR) is 57.8 cm³/mol. The second-order valence-corrected chi connectivity index (χ2v) is 2.60. The van der Waals surface area contributed by atoms with Gasteiger partial charge in [0.05, 0.1) is 14.2 Å². The van der Waals surface area contributed by atoms with Crippen molar-refractivity contribution in [2.45, 2.75) is 6.54 Å². The van der Waals surface area contributed by atoms with Crippen LogP contribution in [-0.2, 0) is 6.54 Å². The molecule has 0 saturated heterocycles. The van der Waals surface area contributed by atoms with Crippen LogP contribution >= 0.6 is 12.4 Å². The van der Waals surface area contributed by atoms with E-state index in [-0.39, 0.29) is 12.4 Å². The van der Waals surface area contributed by atoms with E-state index in [1.165, 1.54) is 0 Å². The van der Waals surface area contributed by atoms with E-state index in [0.717, 1.165) is 17.1 Å². The van der Waals surface area contributed by atoms with Crippen LogP contribution in [0.15, 0.2) is 18.2 Å². The number of nitrogens with two attached hydrogens (primary N) is 1. The molecule has 4 nitrogen and oxygen atoms in total. The first-order chi connectivity index (χ1) is 6.30. The molecule has 0 aliphatic heterocycles. The zero-order valence-electron chi connectivity index (χ0n) is 8.24. The van der Waals surface area contributed by atoms with Gasteiger partial charge in [0.15, 0.2) is 0 Å². The minimum atomic E-state index is 0. The average molecular weight is 219 g/mol. The summed E-state index contributed by atoms with van der Waals surface area (Å²) in [6.45, 7) is 0.591. The number of ether oxygens (including phenoxy) is 2. The first-order valence-electron chi connectivity index (χ1n) is 3.95. The molecule has 0 spiro atoms. The molecule has 1 aromatic carbocycles. The summed E-state index contributed by atoms with van der Waals surface area (Å²) in [6.07, 6.45) is 0. The maximum Gasteiger partial charge on any atom is 0.122 e. The van der Waals surface area contributed by atoms with Crippen molar-refractivity contribution < 1.29 is 9.47 Å². The molecular weight excluding hydrogens is 204 g/mol. The maximum absolute atomic E-state index is 5.21. The lowest BCUT2D eigenvalue weighted by Crippen LogP contribution is -2.20. The Morgan fingerprint density at radius 2 is 1.64 bits per heavy atom. The Morgan fingerprint density at radius 3 is 2.00 bits per heavy atom. The summed E-state index contributed by atoms with van der Waals surface area (Å²) < 4.78 is 10.2. The molecule has 0 aromatic heterocycles. The molecule has 5 heteroatoms. The van der Waals surface area contributed by atoms with Crippen LogP contribution in [0.1, 0.15) is 5.56 Å². The van der Waals surface area contributed by atoms with Gasteiger partial charge in [-0.15, -0.1) is 12.4 Å². The molecule has 3 N–H and O–H groups in total. The van der Waals surface area contributed by atoms with E-state index in [0.29, 0.717) is 6.54 Å². The molecule has 0 amide bonds. The van der Waals surface area contributed by atoms with Crippen LogP contribution in [0.5, 0.6) is 11.5 Å². The second kappa shape index (κ2) is 6.48. The van der Waals surface area contributed by atoms with Gasteiger partial charge in [-0.05, 0) is 17.7 Å². The van der Waals surface area contributed by atoms with E-state index < -0.39 is 0 Å². The number of methoxy groups -OCH3 is 2. The fraction of sp³-hybridized carbons (Fsp3) is 0.333. The Labute approximate surface area is 89.8 Å². The Hall–Kier alpha value is -0.970. The SMILES string of the molecule is COc1cc(CNN)cc(OC)c1.Cl. The Morgan fingerprint density at radius 1 is 1.14 bits per heavy atom. The summed E-state index contributed by atoms with van der Waals surface area (Å²) in [5.41, 5.74) is 3.60. The molecule has 0 heterocycles. The number of hydrogen-bond donors (Lipinski definition) is 2. The minimum absolute atomic E-state index is 0. The summed E-state index contributed by atoms with van der Waals surface area (Å²) in [7, 11) is 3.24. The van der Waals surface area contributed by atoms with Gasteiger partial charge in [-0.2, -0.15) is 0 Å². The van der Waals surface area contributed by atoms with Crippen molar-refractivity contribution in [1.82, 2.24) is 5.43 Å². The number of hydrogen-bond acceptors (Lipinski definition) is 4. The van der Waals surface area contributed by atoms with Crippen LogP contribution in [-0.4, -0.2) is 14.2 Å². The van der Waals surface area contributed by atoms with Crippen molar-refractivity contribution in [3.05, 3.63) is 23.8 Å². The molecular formula is C9H15ClN2O2. The van der Waals surface area contributed by atoms with E-state index in [9.17, 15) is 0 Å². The van der Waals surface area contributed by atoms with Crippen molar-refractivity contribution in [2.75, 3.05) is 14.2 Å². The van der Waals surface area contributed by atoms with Gasteiger partial charge >= 0.3 is 0 Å². The summed E-state index contributed by atoms with van der Waals surface area (Å²) in [5, 5.41) is 0. The molecule has 0 bridgehead atoms. The van der Waals surface area contributed by atoms with Gasteiger partial charge in [0.25, 0.3) is 0 Å². The monoisotopic (exact) mass is 218 g/mol. The molecule has 0 aliphatic carbocycles. The number of rotatable bonds is 4. The second-order valence-electron chi connectivity index (χ2n) is 2.60. The highest BCUT2D eigenvalue weighted by atomic mass is 35.5. The molecule has 1 rings (SSSR count). The number of benzene rings is 1. The van der Waals surface area contributed by atoms with Crippen LogP contribution in [0.4, 0.5) is 0 Å². The summed E-state index contributed by atoms with van der Waals surface area (Å²) in [6, 6.07) is 5.63. The lowest BCUT2D eigenvalue weighted by Gasteiger charge is -2.07. The van der Waals surface area contributed by atoms with E-state index >= 15 is 0 Å². The molecule has 0 unspecified atom stereocenters. The lowest BCUT2D eigenvalue weighted by atomic mass is 10.2. The first-order valence-corrected chi connectivity index (χ1v) is 3.95. The minimum Gasteiger partial charge on any atom is -0.497 e. The highest BCUT2D eigenvalue weighted by Crippen LogP contribution is 2.21. The van der Waals surface area contributed by atoms with E-state index in [1.807, 2.05) is 18.2 Å². The lowest BCUT2D eigenvalue weighted by molar-refractivity contribution is 0.393. The van der Waals surface area contributed by atoms with Crippen LogP contribution < -0.4 is 20.7 Å². The van der Waals surface area contributed by atoms with Gasteiger partial charge in [0, 0.05) is 12.6 Å². The van der Waals surface area contributed by atoms with Gasteiger partial charge in [0.2, 0.25) is 0 Å². The van der Waals surface area contributed by atoms with E-state index in [1.54, 1.807) is 14.2 Å². The number of hydrazine groups is 1. The van der Waals surface area contributed by atoms with Crippen molar-refractivity contribution >= 4 is 12.4 Å². The van der Waals surface area contributed by atoms with Gasteiger partial charge in [0.1, 0.15) is 11.5 Å². The standard InChI is InChI=1S/C9H14N2O2.ClH/c1-12-8-3-7(6-11-10)4-9(5-8)13-2;/h3-5,11H,6,10H2,1-2H3;1H. The fourth-order valence-corrected chi connectivity index (χ4v) is 1.09. The molecule has 80 valence electrons. The Bertz CT molecular complexity index is 259. The van der Waals surface area contributed by atoms with E-state index in [4.69, 9.17) is 15.3 Å². The van der Waals surface area contributed by atoms with E-state index in [2.05, 4.69) is 5.43 Å². The van der Waals surface area contributed by atoms with Crippen LogP contribution in [0.2, 0.25) is 0 Å². The maximum atomic E-state index is 5.21.